The molecule has 122 valence electrons. The average Bonchev–Trinajstić information content (AvgIpc) is 3.17. The van der Waals surface area contributed by atoms with Gasteiger partial charge in [0.25, 0.3) is 0 Å². The van der Waals surface area contributed by atoms with Crippen LogP contribution < -0.4 is 5.32 Å². The topological polar surface area (TPSA) is 41.5 Å². The molecular weight excluding hydrogens is 262 g/mol. The van der Waals surface area contributed by atoms with Crippen molar-refractivity contribution >= 4 is 0 Å². The molecule has 3 rings (SSSR count). The monoisotopic (exact) mass is 295 g/mol. The second-order valence-electron chi connectivity index (χ2n) is 8.86. The van der Waals surface area contributed by atoms with Crippen LogP contribution in [0.4, 0.5) is 0 Å². The standard InChI is InChI=1S/C18H33NO2/c1-16(2)13-7-8-18(16,4)15(11-13)21-10-9-17(3,12-20)19-14-5-6-14/h13-15,19-20H,5-12H2,1-4H3. The van der Waals surface area contributed by atoms with Gasteiger partial charge in [0.05, 0.1) is 12.7 Å². The molecule has 4 atom stereocenters. The van der Waals surface area contributed by atoms with Crippen LogP contribution in [-0.2, 0) is 4.74 Å². The van der Waals surface area contributed by atoms with Gasteiger partial charge in [-0.05, 0) is 62.2 Å². The largest absolute Gasteiger partial charge is 0.394 e. The van der Waals surface area contributed by atoms with Crippen molar-refractivity contribution in [1.29, 1.82) is 0 Å². The summed E-state index contributed by atoms with van der Waals surface area (Å²) >= 11 is 0. The maximum absolute atomic E-state index is 9.67. The highest BCUT2D eigenvalue weighted by Crippen LogP contribution is 2.66. The quantitative estimate of drug-likeness (QED) is 0.758. The fourth-order valence-electron chi connectivity index (χ4n) is 4.73. The van der Waals surface area contributed by atoms with Crippen molar-refractivity contribution < 1.29 is 9.84 Å². The lowest BCUT2D eigenvalue weighted by molar-refractivity contribution is -0.0541. The molecule has 21 heavy (non-hydrogen) atoms. The van der Waals surface area contributed by atoms with Gasteiger partial charge in [-0.2, -0.15) is 0 Å². The van der Waals surface area contributed by atoms with Crippen LogP contribution in [0.15, 0.2) is 0 Å². The van der Waals surface area contributed by atoms with Gasteiger partial charge in [-0.1, -0.05) is 20.8 Å². The minimum absolute atomic E-state index is 0.171. The van der Waals surface area contributed by atoms with Gasteiger partial charge < -0.3 is 15.2 Å². The number of nitrogens with one attached hydrogen (secondary N) is 1. The van der Waals surface area contributed by atoms with Crippen molar-refractivity contribution in [3.05, 3.63) is 0 Å². The van der Waals surface area contributed by atoms with Crippen molar-refractivity contribution in [2.45, 2.75) is 83.9 Å². The normalized spacial score (nSPS) is 40.4. The molecule has 3 heteroatoms. The van der Waals surface area contributed by atoms with E-state index >= 15 is 0 Å². The van der Waals surface area contributed by atoms with E-state index in [9.17, 15) is 5.11 Å². The second kappa shape index (κ2) is 5.21. The molecule has 3 nitrogen and oxygen atoms in total. The van der Waals surface area contributed by atoms with Gasteiger partial charge in [-0.3, -0.25) is 0 Å². The summed E-state index contributed by atoms with van der Waals surface area (Å²) in [5, 5.41) is 13.2. The summed E-state index contributed by atoms with van der Waals surface area (Å²) in [7, 11) is 0. The number of fused-ring (bicyclic) bond motifs is 2. The van der Waals surface area contributed by atoms with Crippen LogP contribution in [-0.4, -0.2) is 36.0 Å². The summed E-state index contributed by atoms with van der Waals surface area (Å²) < 4.78 is 6.32. The molecule has 0 aromatic carbocycles. The number of ether oxygens (including phenoxy) is 1. The van der Waals surface area contributed by atoms with Gasteiger partial charge in [0.1, 0.15) is 0 Å². The molecule has 3 aliphatic rings. The zero-order chi connectivity index (χ0) is 15.3. The molecule has 3 saturated carbocycles. The van der Waals surface area contributed by atoms with Crippen LogP contribution in [0.1, 0.15) is 66.2 Å². The van der Waals surface area contributed by atoms with Crippen LogP contribution in [0.2, 0.25) is 0 Å². The Morgan fingerprint density at radius 1 is 1.24 bits per heavy atom. The first kappa shape index (κ1) is 15.8. The first-order valence-corrected chi connectivity index (χ1v) is 8.81. The number of rotatable bonds is 7. The fourth-order valence-corrected chi connectivity index (χ4v) is 4.73. The van der Waals surface area contributed by atoms with E-state index in [1.165, 1.54) is 32.1 Å². The van der Waals surface area contributed by atoms with Gasteiger partial charge in [-0.25, -0.2) is 0 Å². The Labute approximate surface area is 129 Å². The molecule has 0 heterocycles. The number of hydrogen-bond acceptors (Lipinski definition) is 3. The molecule has 0 radical (unpaired) electrons. The number of aliphatic hydroxyl groups is 1. The van der Waals surface area contributed by atoms with E-state index in [2.05, 4.69) is 33.0 Å². The van der Waals surface area contributed by atoms with E-state index in [0.29, 0.717) is 23.0 Å². The maximum atomic E-state index is 9.67. The lowest BCUT2D eigenvalue weighted by atomic mass is 9.70. The maximum Gasteiger partial charge on any atom is 0.0636 e. The van der Waals surface area contributed by atoms with Crippen molar-refractivity contribution in [3.8, 4) is 0 Å². The van der Waals surface area contributed by atoms with Crippen molar-refractivity contribution in [1.82, 2.24) is 5.32 Å². The highest BCUT2D eigenvalue weighted by molar-refractivity contribution is 5.11. The Kier molecular flexibility index (Phi) is 3.91. The predicted octanol–water partition coefficient (Wildman–Crippen LogP) is 3.11. The van der Waals surface area contributed by atoms with Crippen LogP contribution in [0.25, 0.3) is 0 Å². The molecule has 3 fully saturated rings. The second-order valence-corrected chi connectivity index (χ2v) is 8.86. The Hall–Kier alpha value is -0.120. The van der Waals surface area contributed by atoms with Gasteiger partial charge in [0.15, 0.2) is 0 Å². The van der Waals surface area contributed by atoms with Crippen LogP contribution in [0.5, 0.6) is 0 Å². The zero-order valence-corrected chi connectivity index (χ0v) is 14.2. The fraction of sp³-hybridized carbons (Fsp3) is 1.00. The van der Waals surface area contributed by atoms with Crippen molar-refractivity contribution in [3.63, 3.8) is 0 Å². The Morgan fingerprint density at radius 2 is 1.95 bits per heavy atom. The number of hydrogen-bond donors (Lipinski definition) is 2. The van der Waals surface area contributed by atoms with E-state index in [1.807, 2.05) is 0 Å². The molecule has 4 unspecified atom stereocenters. The summed E-state index contributed by atoms with van der Waals surface area (Å²) in [5.41, 5.74) is 0.594. The van der Waals surface area contributed by atoms with E-state index in [-0.39, 0.29) is 12.1 Å². The molecular formula is C18H33NO2. The van der Waals surface area contributed by atoms with Gasteiger partial charge in [-0.15, -0.1) is 0 Å². The summed E-state index contributed by atoms with van der Waals surface area (Å²) in [4.78, 5) is 0. The summed E-state index contributed by atoms with van der Waals surface area (Å²) in [6.45, 7) is 10.4. The van der Waals surface area contributed by atoms with Crippen molar-refractivity contribution in [2.24, 2.45) is 16.7 Å². The molecule has 0 spiro atoms. The van der Waals surface area contributed by atoms with E-state index in [4.69, 9.17) is 4.74 Å². The molecule has 0 aliphatic heterocycles. The van der Waals surface area contributed by atoms with Crippen molar-refractivity contribution in [2.75, 3.05) is 13.2 Å². The molecule has 0 aromatic rings. The first-order chi connectivity index (χ1) is 9.81. The predicted molar refractivity (Wildman–Crippen MR) is 85.2 cm³/mol. The van der Waals surface area contributed by atoms with Crippen LogP contribution in [0.3, 0.4) is 0 Å². The Bertz CT molecular complexity index is 393. The smallest absolute Gasteiger partial charge is 0.0636 e. The summed E-state index contributed by atoms with van der Waals surface area (Å²) in [6, 6.07) is 0.626. The zero-order valence-electron chi connectivity index (χ0n) is 14.2. The van der Waals surface area contributed by atoms with Gasteiger partial charge in [0.2, 0.25) is 0 Å². The van der Waals surface area contributed by atoms with Gasteiger partial charge in [0, 0.05) is 18.2 Å². The minimum Gasteiger partial charge on any atom is -0.394 e. The highest BCUT2D eigenvalue weighted by Gasteiger charge is 2.61. The third-order valence-electron chi connectivity index (χ3n) is 7.17. The minimum atomic E-state index is -0.171. The Morgan fingerprint density at radius 3 is 2.43 bits per heavy atom. The lowest BCUT2D eigenvalue weighted by Crippen LogP contribution is -2.48. The first-order valence-electron chi connectivity index (χ1n) is 8.81. The number of aliphatic hydroxyl groups excluding tert-OH is 1. The molecule has 2 N–H and O–H groups in total. The molecule has 0 amide bonds. The van der Waals surface area contributed by atoms with E-state index < -0.39 is 0 Å². The van der Waals surface area contributed by atoms with E-state index in [0.717, 1.165) is 18.9 Å². The van der Waals surface area contributed by atoms with Crippen LogP contribution in [0, 0.1) is 16.7 Å². The average molecular weight is 295 g/mol. The lowest BCUT2D eigenvalue weighted by Gasteiger charge is -2.39. The Balaban J connectivity index is 1.52. The molecule has 2 bridgehead atoms. The molecule has 3 aliphatic carbocycles. The summed E-state index contributed by atoms with van der Waals surface area (Å²) in [6.07, 6.45) is 7.75. The molecule has 0 aromatic heterocycles. The van der Waals surface area contributed by atoms with E-state index in [1.54, 1.807) is 0 Å². The van der Waals surface area contributed by atoms with Crippen LogP contribution >= 0.6 is 0 Å². The third kappa shape index (κ3) is 2.66. The molecule has 0 saturated heterocycles. The summed E-state index contributed by atoms with van der Waals surface area (Å²) in [5.74, 6) is 0.835. The highest BCUT2D eigenvalue weighted by atomic mass is 16.5. The third-order valence-corrected chi connectivity index (χ3v) is 7.17. The SMILES string of the molecule is CC(CO)(CCOC1CC2CCC1(C)C2(C)C)NC1CC1. The van der Waals surface area contributed by atoms with Gasteiger partial charge >= 0.3 is 0 Å².